The Balaban J connectivity index is 0.000000154. The molecule has 0 aliphatic carbocycles. The van der Waals surface area contributed by atoms with Crippen molar-refractivity contribution < 1.29 is 46.3 Å². The summed E-state index contributed by atoms with van der Waals surface area (Å²) < 4.78 is 53.5. The van der Waals surface area contributed by atoms with E-state index in [1.165, 1.54) is 31.4 Å². The number of ether oxygens (including phenoxy) is 1. The number of unbranched alkanes of at least 4 members (excludes halogenated alkanes) is 6. The first-order chi connectivity index (χ1) is 64.6. The number of nitrogens with zero attached hydrogens (tertiary/aromatic N) is 7. The molecule has 0 spiro atoms. The Morgan fingerprint density at radius 1 is 0.582 bits per heavy atom. The lowest BCUT2D eigenvalue weighted by atomic mass is 9.91. The summed E-state index contributed by atoms with van der Waals surface area (Å²) in [6.07, 6.45) is 7.58. The summed E-state index contributed by atoms with van der Waals surface area (Å²) in [7, 11) is 1.61. The number of aromatic amines is 1. The van der Waals surface area contributed by atoms with Gasteiger partial charge in [0, 0.05) is 64.4 Å². The molecule has 1 aliphatic heterocycles. The molecular weight excluding hydrogens is 1710 g/mol. The van der Waals surface area contributed by atoms with Crippen LogP contribution in [0.3, 0.4) is 0 Å². The van der Waals surface area contributed by atoms with E-state index in [0.29, 0.717) is 117 Å². The first kappa shape index (κ1) is 97.8. The molecule has 134 heavy (non-hydrogen) atoms. The van der Waals surface area contributed by atoms with Crippen LogP contribution in [0.5, 0.6) is 5.75 Å². The van der Waals surface area contributed by atoms with Crippen molar-refractivity contribution in [1.82, 2.24) is 49.4 Å². The van der Waals surface area contributed by atoms with E-state index in [9.17, 15) is 46.7 Å². The van der Waals surface area contributed by atoms with E-state index in [4.69, 9.17) is 30.7 Å². The molecule has 11 aromatic carbocycles. The fraction of sp³-hybridized carbons (Fsp3) is 0.306. The van der Waals surface area contributed by atoms with E-state index < -0.39 is 35.9 Å². The van der Waals surface area contributed by atoms with Gasteiger partial charge in [-0.25, -0.2) is 9.97 Å². The van der Waals surface area contributed by atoms with E-state index in [-0.39, 0.29) is 52.5 Å². The second kappa shape index (κ2) is 45.1. The maximum Gasteiger partial charge on any atom is 0.416 e. The van der Waals surface area contributed by atoms with Gasteiger partial charge in [-0.1, -0.05) is 238 Å². The maximum absolute atomic E-state index is 14.2. The van der Waals surface area contributed by atoms with Gasteiger partial charge in [0.05, 0.1) is 76.8 Å². The first-order valence-electron chi connectivity index (χ1n) is 46.4. The fourth-order valence-corrected chi connectivity index (χ4v) is 17.5. The smallest absolute Gasteiger partial charge is 0.416 e. The van der Waals surface area contributed by atoms with Crippen LogP contribution in [0.2, 0.25) is 5.02 Å². The quantitative estimate of drug-likeness (QED) is 0.0374. The zero-order valence-corrected chi connectivity index (χ0v) is 79.0. The SMILES string of the molecule is CCCCCCCC(=O)NC(C(=O)NCc1ccco1)C(C)CC.CCCCCN(C(=O)c1ccc(OC)cc1)C(C)c1nc2ccccc2c(=O)n1-c1cc(C)ccc1C.Cc1c(Cl)cccc1-n1c(C(C)N(CC(C)C)C(=O)c2cccc3ccccc23)nc2ccccc2c1=O.O=C(c1ccc2ccccc2c1)N1CCc2c([nH]c3ccccc23)C1c1ccc(C(F)(F)F)cc1. The third-order valence-electron chi connectivity index (χ3n) is 25.0. The number of aryl methyl sites for hydroxylation is 2. The first-order valence-corrected chi connectivity index (χ1v) is 46.7. The molecule has 15 aromatic rings. The van der Waals surface area contributed by atoms with E-state index in [1.807, 2.05) is 246 Å². The van der Waals surface area contributed by atoms with Crippen molar-refractivity contribution in [1.29, 1.82) is 0 Å². The van der Waals surface area contributed by atoms with Gasteiger partial charge < -0.3 is 39.5 Å². The molecule has 5 unspecified atom stereocenters. The Bertz CT molecular complexity index is 6760. The van der Waals surface area contributed by atoms with Crippen LogP contribution in [0, 0.1) is 32.6 Å². The number of carbonyl (C=O) groups excluding carboxylic acids is 5. The van der Waals surface area contributed by atoms with Crippen molar-refractivity contribution in [2.45, 2.75) is 184 Å². The number of carbonyl (C=O) groups is 5. The number of halogens is 4. The highest BCUT2D eigenvalue weighted by Gasteiger charge is 2.38. The van der Waals surface area contributed by atoms with Gasteiger partial charge >= 0.3 is 6.18 Å². The number of furan rings is 1. The van der Waals surface area contributed by atoms with Gasteiger partial charge in [-0.3, -0.25) is 42.7 Å². The third kappa shape index (κ3) is 22.9. The number of rotatable bonds is 29. The highest BCUT2D eigenvalue weighted by atomic mass is 35.5. The molecule has 3 N–H and O–H groups in total. The minimum atomic E-state index is -4.42. The molecule has 0 saturated heterocycles. The third-order valence-corrected chi connectivity index (χ3v) is 25.4. The predicted octanol–water partition coefficient (Wildman–Crippen LogP) is 24.7. The summed E-state index contributed by atoms with van der Waals surface area (Å²) in [5.41, 5.74) is 9.74. The molecule has 0 fully saturated rings. The molecule has 1 aliphatic rings. The molecule has 23 heteroatoms. The summed E-state index contributed by atoms with van der Waals surface area (Å²) in [4.78, 5) is 113. The van der Waals surface area contributed by atoms with Gasteiger partial charge in [-0.2, -0.15) is 13.2 Å². The Kier molecular flexibility index (Phi) is 32.9. The summed E-state index contributed by atoms with van der Waals surface area (Å²) in [5, 5.41) is 12.4. The van der Waals surface area contributed by atoms with Crippen LogP contribution < -0.4 is 26.5 Å². The van der Waals surface area contributed by atoms with Crippen LogP contribution in [0.1, 0.15) is 225 Å². The van der Waals surface area contributed by atoms with Gasteiger partial charge in [0.15, 0.2) is 0 Å². The second-order valence-electron chi connectivity index (χ2n) is 34.9. The number of amides is 5. The number of nitrogens with one attached hydrogen (secondary N) is 3. The molecule has 0 saturated carbocycles. The monoisotopic (exact) mass is 1830 g/mol. The van der Waals surface area contributed by atoms with Crippen LogP contribution in [-0.2, 0) is 28.7 Å². The van der Waals surface area contributed by atoms with Gasteiger partial charge in [0.2, 0.25) is 11.8 Å². The van der Waals surface area contributed by atoms with Gasteiger partial charge in [0.25, 0.3) is 28.8 Å². The van der Waals surface area contributed by atoms with Crippen LogP contribution in [0.25, 0.3) is 65.6 Å². The minimum Gasteiger partial charge on any atom is -0.497 e. The van der Waals surface area contributed by atoms with Crippen LogP contribution in [-0.4, -0.2) is 101 Å². The Labute approximate surface area is 785 Å². The van der Waals surface area contributed by atoms with Crippen molar-refractivity contribution >= 4 is 95.4 Å². The summed E-state index contributed by atoms with van der Waals surface area (Å²) in [6.45, 7) is 24.1. The molecule has 694 valence electrons. The molecule has 0 bridgehead atoms. The normalized spacial score (nSPS) is 13.3. The highest BCUT2D eigenvalue weighted by Crippen LogP contribution is 2.42. The molecule has 16 rings (SSSR count). The minimum absolute atomic E-state index is 0.0371. The van der Waals surface area contributed by atoms with Crippen LogP contribution >= 0.6 is 11.6 Å². The Hall–Kier alpha value is -13.7. The van der Waals surface area contributed by atoms with E-state index in [0.717, 1.165) is 117 Å². The molecular formula is C111H118ClF3N10O9. The Morgan fingerprint density at radius 2 is 1.17 bits per heavy atom. The molecule has 5 amide bonds. The zero-order chi connectivity index (χ0) is 95.4. The number of aromatic nitrogens is 5. The zero-order valence-electron chi connectivity index (χ0n) is 78.2. The number of methoxy groups -OCH3 is 1. The summed E-state index contributed by atoms with van der Waals surface area (Å²) >= 11 is 6.48. The molecule has 0 radical (unpaired) electrons. The number of hydrogen-bond donors (Lipinski definition) is 3. The van der Waals surface area contributed by atoms with Crippen molar-refractivity contribution in [3.63, 3.8) is 0 Å². The molecule has 4 aromatic heterocycles. The summed E-state index contributed by atoms with van der Waals surface area (Å²) in [6, 6.07) is 75.3. The standard InChI is InChI=1S/C32H30ClN3O2.C31H35N3O3.C29H21F3N2O.C19H32N2O3/c1-20(2)19-35(31(37)25-15-9-12-23-11-5-6-13-24(23)25)22(4)30-34-28-17-8-7-14-26(28)32(38)36(30)29-18-10-16-27(33)21(29)3;1-6-7-10-19-33(30(35)24-15-17-25(37-5)18-16-24)23(4)29-32-27-12-9-8-11-26(27)31(36)34(29)28-20-21(2)13-14-22(28)3;30-29(31,32)22-13-11-19(12-14-22)27-26-24(23-7-3-4-8-25(23)33-26)15-16-34(27)28(35)21-10-9-18-5-1-2-6-20(18)17-21;1-4-6-7-8-9-12-17(22)21-18(15(3)5-2)19(23)20-14-16-11-10-13-24-16/h5-18,20,22H,19H2,1-4H3;8-9,11-18,20,23H,6-7,10,19H2,1-5H3;1-14,17,27,33H,15-16H2;10-11,13,15,18H,4-9,12,14H2,1-3H3,(H,20,23)(H,21,22). The van der Waals surface area contributed by atoms with E-state index in [1.54, 1.807) is 69.9 Å². The van der Waals surface area contributed by atoms with Crippen molar-refractivity contribution in [2.75, 3.05) is 26.7 Å². The van der Waals surface area contributed by atoms with Crippen LogP contribution in [0.4, 0.5) is 13.2 Å². The highest BCUT2D eigenvalue weighted by molar-refractivity contribution is 6.31. The van der Waals surface area contributed by atoms with Crippen molar-refractivity contribution in [2.24, 2.45) is 11.8 Å². The molecule has 5 atom stereocenters. The topological polar surface area (TPSA) is 227 Å². The number of alkyl halides is 3. The van der Waals surface area contributed by atoms with Crippen molar-refractivity contribution in [3.05, 3.63) is 360 Å². The number of fused-ring (bicyclic) bond motifs is 7. The Morgan fingerprint density at radius 3 is 1.81 bits per heavy atom. The fourth-order valence-electron chi connectivity index (χ4n) is 17.4. The van der Waals surface area contributed by atoms with E-state index in [2.05, 4.69) is 43.3 Å². The van der Waals surface area contributed by atoms with Crippen LogP contribution in [0.15, 0.2) is 275 Å². The number of hydrogen-bond acceptors (Lipinski definition) is 11. The average Bonchev–Trinajstić information content (AvgIpc) is 1.49. The van der Waals surface area contributed by atoms with Crippen molar-refractivity contribution in [3.8, 4) is 17.1 Å². The van der Waals surface area contributed by atoms with E-state index >= 15 is 0 Å². The molecule has 19 nitrogen and oxygen atoms in total. The van der Waals surface area contributed by atoms with Gasteiger partial charge in [-0.05, 0) is 230 Å². The van der Waals surface area contributed by atoms with Gasteiger partial charge in [0.1, 0.15) is 29.2 Å². The summed E-state index contributed by atoms with van der Waals surface area (Å²) in [5.74, 6) is 2.20. The average molecular weight is 1830 g/mol. The number of benzene rings is 11. The number of H-pyrrole nitrogens is 1. The largest absolute Gasteiger partial charge is 0.497 e. The lowest BCUT2D eigenvalue weighted by Crippen LogP contribution is -2.50. The second-order valence-corrected chi connectivity index (χ2v) is 35.3. The lowest BCUT2D eigenvalue weighted by Gasteiger charge is -2.36. The molecule has 5 heterocycles. The predicted molar refractivity (Wildman–Crippen MR) is 530 cm³/mol. The number of para-hydroxylation sites is 3. The maximum atomic E-state index is 14.2. The lowest BCUT2D eigenvalue weighted by molar-refractivity contribution is -0.137. The van der Waals surface area contributed by atoms with Gasteiger partial charge in [-0.15, -0.1) is 0 Å².